The first-order valence-electron chi connectivity index (χ1n) is 6.96. The summed E-state index contributed by atoms with van der Waals surface area (Å²) in [6.45, 7) is 1.35. The zero-order valence-electron chi connectivity index (χ0n) is 12.6. The molecule has 2 aliphatic rings. The van der Waals surface area contributed by atoms with Gasteiger partial charge in [0.2, 0.25) is 11.8 Å². The van der Waals surface area contributed by atoms with E-state index in [9.17, 15) is 28.6 Å². The van der Waals surface area contributed by atoms with E-state index in [-0.39, 0.29) is 25.7 Å². The number of rotatable bonds is 8. The summed E-state index contributed by atoms with van der Waals surface area (Å²) in [4.78, 5) is 58.2. The molecule has 2 rings (SSSR count). The second-order valence-corrected chi connectivity index (χ2v) is 9.32. The predicted molar refractivity (Wildman–Crippen MR) is 87.6 cm³/mol. The summed E-state index contributed by atoms with van der Waals surface area (Å²) in [5.74, 6) is -1.86. The highest BCUT2D eigenvalue weighted by Crippen LogP contribution is 2.50. The molecule has 1 N–H and O–H groups in total. The van der Waals surface area contributed by atoms with Gasteiger partial charge in [-0.05, 0) is 10.8 Å². The van der Waals surface area contributed by atoms with Crippen molar-refractivity contribution in [3.8, 4) is 0 Å². The number of carbonyl (C=O) groups excluding carboxylic acids is 4. The molecule has 0 saturated carbocycles. The minimum absolute atomic E-state index is 0.0594. The van der Waals surface area contributed by atoms with Crippen molar-refractivity contribution >= 4 is 53.1 Å². The van der Waals surface area contributed by atoms with Gasteiger partial charge in [-0.25, -0.2) is 3.97 Å². The Morgan fingerprint density at radius 2 is 1.79 bits per heavy atom. The van der Waals surface area contributed by atoms with Crippen LogP contribution in [0.15, 0.2) is 12.2 Å². The fraction of sp³-hybridized carbons (Fsp3) is 0.500. The molecular formula is C12H15N2O7PS2. The monoisotopic (exact) mass is 394 g/mol. The van der Waals surface area contributed by atoms with Crippen LogP contribution < -0.4 is 0 Å². The van der Waals surface area contributed by atoms with Gasteiger partial charge in [-0.15, -0.1) is 0 Å². The lowest BCUT2D eigenvalue weighted by Gasteiger charge is -2.19. The molecule has 2 atom stereocenters. The van der Waals surface area contributed by atoms with E-state index < -0.39 is 36.5 Å². The largest absolute Gasteiger partial charge is 0.339 e. The molecule has 24 heavy (non-hydrogen) atoms. The van der Waals surface area contributed by atoms with Gasteiger partial charge in [0.25, 0.3) is 11.8 Å². The predicted octanol–water partition coefficient (Wildman–Crippen LogP) is 0.557. The molecule has 1 saturated heterocycles. The van der Waals surface area contributed by atoms with Crippen molar-refractivity contribution in [3.63, 3.8) is 0 Å². The number of likely N-dealkylation sites (tertiary alicyclic amines) is 1. The Bertz CT molecular complexity index is 635. The molecule has 0 spiro atoms. The van der Waals surface area contributed by atoms with Gasteiger partial charge < -0.3 is 4.89 Å². The van der Waals surface area contributed by atoms with Crippen LogP contribution in [-0.4, -0.2) is 62.8 Å². The van der Waals surface area contributed by atoms with Crippen molar-refractivity contribution in [1.82, 2.24) is 9.80 Å². The van der Waals surface area contributed by atoms with E-state index in [0.29, 0.717) is 11.1 Å². The van der Waals surface area contributed by atoms with Crippen LogP contribution >= 0.6 is 29.5 Å². The first-order valence-corrected chi connectivity index (χ1v) is 10.9. The lowest BCUT2D eigenvalue weighted by Crippen LogP contribution is -2.41. The number of hydrogen-bond donors (Lipinski definition) is 1. The van der Waals surface area contributed by atoms with Crippen molar-refractivity contribution in [3.05, 3.63) is 12.2 Å². The van der Waals surface area contributed by atoms with Crippen molar-refractivity contribution in [2.24, 2.45) is 0 Å². The molecule has 2 heterocycles. The summed E-state index contributed by atoms with van der Waals surface area (Å²) in [6.07, 6.45) is 2.13. The highest BCUT2D eigenvalue weighted by atomic mass is 33.1. The Kier molecular flexibility index (Phi) is 6.27. The smallest absolute Gasteiger partial charge is 0.324 e. The van der Waals surface area contributed by atoms with Crippen molar-refractivity contribution < 1.29 is 32.6 Å². The maximum Gasteiger partial charge on any atom is 0.339 e. The maximum atomic E-state index is 12.2. The van der Waals surface area contributed by atoms with Crippen molar-refractivity contribution in [2.75, 3.05) is 19.3 Å². The fourth-order valence-electron chi connectivity index (χ4n) is 1.98. The van der Waals surface area contributed by atoms with Crippen LogP contribution in [0, 0.1) is 0 Å². The third-order valence-electron chi connectivity index (χ3n) is 3.35. The fourth-order valence-corrected chi connectivity index (χ4v) is 5.34. The molecule has 9 nitrogen and oxygen atoms in total. The Hall–Kier alpha value is -1.13. The minimum atomic E-state index is -3.68. The zero-order valence-corrected chi connectivity index (χ0v) is 15.1. The molecule has 0 radical (unpaired) electrons. The van der Waals surface area contributed by atoms with Crippen LogP contribution in [0.1, 0.15) is 13.3 Å². The van der Waals surface area contributed by atoms with E-state index in [0.717, 1.165) is 32.7 Å². The standard InChI is InChI=1S/C12H15N2O7PS2/c1-2-22(19,20)21-24-23-8-7-11(17)14(12(8)18)6-5-13-9(15)3-4-10(13)16/h3-4,8H,2,5-7H2,1H3,(H,19,20). The van der Waals surface area contributed by atoms with Crippen LogP contribution in [0.3, 0.4) is 0 Å². The van der Waals surface area contributed by atoms with E-state index in [1.165, 1.54) is 6.92 Å². The van der Waals surface area contributed by atoms with Gasteiger partial charge in [-0.2, -0.15) is 0 Å². The molecule has 0 aromatic heterocycles. The van der Waals surface area contributed by atoms with Crippen molar-refractivity contribution in [2.45, 2.75) is 18.6 Å². The summed E-state index contributed by atoms with van der Waals surface area (Å²) in [5.41, 5.74) is 0. The first-order chi connectivity index (χ1) is 11.2. The Labute approximate surface area is 145 Å². The van der Waals surface area contributed by atoms with Gasteiger partial charge in [-0.3, -0.25) is 33.5 Å². The van der Waals surface area contributed by atoms with Crippen LogP contribution in [0.4, 0.5) is 0 Å². The number of carbonyl (C=O) groups is 4. The SMILES string of the molecule is CCP(=O)(O)OSSC1CC(=O)N(CCN2C(=O)C=CC2=O)C1=O. The summed E-state index contributed by atoms with van der Waals surface area (Å²) < 4.78 is 16.1. The maximum absolute atomic E-state index is 12.2. The van der Waals surface area contributed by atoms with Gasteiger partial charge >= 0.3 is 7.60 Å². The van der Waals surface area contributed by atoms with Gasteiger partial charge in [0.1, 0.15) is 5.25 Å². The highest BCUT2D eigenvalue weighted by molar-refractivity contribution is 8.75. The Morgan fingerprint density at radius 3 is 2.38 bits per heavy atom. The summed E-state index contributed by atoms with van der Waals surface area (Å²) in [6, 6.07) is 0. The van der Waals surface area contributed by atoms with Crippen LogP contribution in [0.5, 0.6) is 0 Å². The van der Waals surface area contributed by atoms with Crippen LogP contribution in [0.2, 0.25) is 0 Å². The second kappa shape index (κ2) is 7.83. The minimum Gasteiger partial charge on any atom is -0.324 e. The molecule has 0 aliphatic carbocycles. The Balaban J connectivity index is 1.84. The van der Waals surface area contributed by atoms with E-state index in [1.807, 2.05) is 0 Å². The molecule has 1 fully saturated rings. The molecule has 0 bridgehead atoms. The molecule has 0 aromatic rings. The average molecular weight is 394 g/mol. The van der Waals surface area contributed by atoms with Crippen LogP contribution in [0.25, 0.3) is 0 Å². The highest BCUT2D eigenvalue weighted by Gasteiger charge is 2.40. The van der Waals surface area contributed by atoms with Crippen LogP contribution in [-0.2, 0) is 27.7 Å². The molecule has 12 heteroatoms. The molecule has 2 aliphatic heterocycles. The third kappa shape index (κ3) is 4.48. The summed E-state index contributed by atoms with van der Waals surface area (Å²) in [5, 5.41) is -0.734. The molecule has 0 aromatic carbocycles. The molecule has 132 valence electrons. The molecule has 4 amide bonds. The third-order valence-corrected chi connectivity index (χ3v) is 7.49. The first kappa shape index (κ1) is 19.2. The summed E-state index contributed by atoms with van der Waals surface area (Å²) >= 11 is 0.609. The topological polar surface area (TPSA) is 121 Å². The average Bonchev–Trinajstić information content (AvgIpc) is 2.98. The van der Waals surface area contributed by atoms with E-state index in [2.05, 4.69) is 0 Å². The van der Waals surface area contributed by atoms with Gasteiger partial charge in [0.05, 0.1) is 11.1 Å². The van der Waals surface area contributed by atoms with Gasteiger partial charge in [0.15, 0.2) is 0 Å². The summed E-state index contributed by atoms with van der Waals surface area (Å²) in [7, 11) is -2.79. The molecule has 2 unspecified atom stereocenters. The Morgan fingerprint density at radius 1 is 1.21 bits per heavy atom. The lowest BCUT2D eigenvalue weighted by molar-refractivity contribution is -0.142. The van der Waals surface area contributed by atoms with E-state index >= 15 is 0 Å². The number of hydrogen-bond acceptors (Lipinski definition) is 8. The van der Waals surface area contributed by atoms with Crippen molar-refractivity contribution in [1.29, 1.82) is 0 Å². The number of imide groups is 2. The number of amides is 4. The van der Waals surface area contributed by atoms with E-state index in [4.69, 9.17) is 3.97 Å². The second-order valence-electron chi connectivity index (χ2n) is 4.93. The lowest BCUT2D eigenvalue weighted by atomic mass is 10.4. The van der Waals surface area contributed by atoms with Gasteiger partial charge in [0, 0.05) is 37.8 Å². The quantitative estimate of drug-likeness (QED) is 0.272. The van der Waals surface area contributed by atoms with Gasteiger partial charge in [-0.1, -0.05) is 6.92 Å². The molecular weight excluding hydrogens is 379 g/mol. The van der Waals surface area contributed by atoms with E-state index in [1.54, 1.807) is 0 Å². The normalized spacial score (nSPS) is 23.5. The zero-order chi connectivity index (χ0) is 17.9. The number of nitrogens with zero attached hydrogens (tertiary/aromatic N) is 2.